The molecule has 122 valence electrons. The summed E-state index contributed by atoms with van der Waals surface area (Å²) in [6, 6.07) is 4.90. The summed E-state index contributed by atoms with van der Waals surface area (Å²) in [6.07, 6.45) is 2.02. The number of nitrogens with zero attached hydrogens (tertiary/aromatic N) is 3. The molecule has 0 radical (unpaired) electrons. The van der Waals surface area contributed by atoms with Crippen molar-refractivity contribution in [3.05, 3.63) is 45.6 Å². The highest BCUT2D eigenvalue weighted by molar-refractivity contribution is 5.97. The summed E-state index contributed by atoms with van der Waals surface area (Å²) >= 11 is 0. The molecule has 0 saturated carbocycles. The maximum atomic E-state index is 12.4. The molecule has 2 N–H and O–H groups in total. The minimum Gasteiger partial charge on any atom is -0.507 e. The molecule has 1 atom stereocenters. The smallest absolute Gasteiger partial charge is 0.345 e. The van der Waals surface area contributed by atoms with Crippen LogP contribution in [0.5, 0.6) is 5.75 Å². The molecule has 3 rings (SSSR count). The molecule has 1 unspecified atom stereocenters. The molecule has 2 heterocycles. The van der Waals surface area contributed by atoms with Gasteiger partial charge in [-0.15, -0.1) is 0 Å². The van der Waals surface area contributed by atoms with Crippen LogP contribution >= 0.6 is 0 Å². The first-order valence-electron chi connectivity index (χ1n) is 7.69. The summed E-state index contributed by atoms with van der Waals surface area (Å²) in [5.41, 5.74) is 1.07. The Kier molecular flexibility index (Phi) is 3.94. The Bertz CT molecular complexity index is 806. The van der Waals surface area contributed by atoms with E-state index in [0.717, 1.165) is 17.8 Å². The highest BCUT2D eigenvalue weighted by Gasteiger charge is 2.22. The number of nitrogens with one attached hydrogen (secondary N) is 1. The Labute approximate surface area is 133 Å². The molecule has 1 aliphatic rings. The fourth-order valence-electron chi connectivity index (χ4n) is 2.94. The lowest BCUT2D eigenvalue weighted by atomic mass is 10.1. The van der Waals surface area contributed by atoms with Gasteiger partial charge in [-0.2, -0.15) is 5.10 Å². The van der Waals surface area contributed by atoms with Crippen molar-refractivity contribution in [1.29, 1.82) is 0 Å². The van der Waals surface area contributed by atoms with Crippen molar-refractivity contribution in [2.45, 2.75) is 38.8 Å². The Hall–Kier alpha value is -2.57. The highest BCUT2D eigenvalue weighted by atomic mass is 16.3. The van der Waals surface area contributed by atoms with Gasteiger partial charge in [-0.05, 0) is 31.9 Å². The molecule has 1 aromatic heterocycles. The molecular formula is C16H20N4O3. The van der Waals surface area contributed by atoms with Gasteiger partial charge >= 0.3 is 5.69 Å². The number of aromatic hydroxyl groups is 1. The number of hydrogen-bond donors (Lipinski definition) is 2. The van der Waals surface area contributed by atoms with Crippen LogP contribution in [-0.4, -0.2) is 31.4 Å². The maximum absolute atomic E-state index is 12.4. The van der Waals surface area contributed by atoms with E-state index in [-0.39, 0.29) is 29.0 Å². The number of carbonyl (C=O) groups excluding carboxylic acids is 1. The van der Waals surface area contributed by atoms with Gasteiger partial charge in [0.2, 0.25) is 0 Å². The van der Waals surface area contributed by atoms with Crippen molar-refractivity contribution >= 4 is 5.91 Å². The number of carbonyl (C=O) groups is 1. The molecule has 1 amide bonds. The molecule has 0 spiro atoms. The van der Waals surface area contributed by atoms with Gasteiger partial charge in [-0.25, -0.2) is 9.48 Å². The fourth-order valence-corrected chi connectivity index (χ4v) is 2.94. The van der Waals surface area contributed by atoms with Crippen LogP contribution in [0.4, 0.5) is 0 Å². The number of rotatable bonds is 2. The quantitative estimate of drug-likeness (QED) is 0.855. The Morgan fingerprint density at radius 2 is 2.17 bits per heavy atom. The number of benzene rings is 1. The second-order valence-electron chi connectivity index (χ2n) is 5.99. The Balaban J connectivity index is 1.71. The largest absolute Gasteiger partial charge is 0.507 e. The van der Waals surface area contributed by atoms with E-state index < -0.39 is 0 Å². The number of fused-ring (bicyclic) bond motifs is 1. The SMILES string of the molecule is Cc1ccc(O)c(C(=O)NC2CCc3nn(C)c(=O)n3CC2)c1. The van der Waals surface area contributed by atoms with E-state index in [9.17, 15) is 14.7 Å². The van der Waals surface area contributed by atoms with Crippen LogP contribution < -0.4 is 11.0 Å². The van der Waals surface area contributed by atoms with Gasteiger partial charge in [0.1, 0.15) is 11.6 Å². The summed E-state index contributed by atoms with van der Waals surface area (Å²) < 4.78 is 3.01. The van der Waals surface area contributed by atoms with Crippen molar-refractivity contribution in [2.24, 2.45) is 7.05 Å². The zero-order chi connectivity index (χ0) is 16.6. The zero-order valence-electron chi connectivity index (χ0n) is 13.2. The third-order valence-corrected chi connectivity index (χ3v) is 4.23. The number of hydrogen-bond acceptors (Lipinski definition) is 4. The average Bonchev–Trinajstić information content (AvgIpc) is 2.68. The minimum atomic E-state index is -0.288. The Morgan fingerprint density at radius 3 is 2.96 bits per heavy atom. The maximum Gasteiger partial charge on any atom is 0.345 e. The first kappa shape index (κ1) is 15.3. The van der Waals surface area contributed by atoms with E-state index in [1.54, 1.807) is 23.7 Å². The van der Waals surface area contributed by atoms with Gasteiger partial charge in [0.15, 0.2) is 0 Å². The van der Waals surface area contributed by atoms with Crippen LogP contribution in [0.15, 0.2) is 23.0 Å². The third-order valence-electron chi connectivity index (χ3n) is 4.23. The standard InChI is InChI=1S/C16H20N4O3/c1-10-3-5-13(21)12(9-10)15(22)17-11-4-6-14-18-19(2)16(23)20(14)8-7-11/h3,5,9,11,21H,4,6-8H2,1-2H3,(H,17,22). The monoisotopic (exact) mass is 316 g/mol. The second kappa shape index (κ2) is 5.91. The van der Waals surface area contributed by atoms with E-state index >= 15 is 0 Å². The van der Waals surface area contributed by atoms with E-state index in [4.69, 9.17) is 0 Å². The third kappa shape index (κ3) is 2.99. The summed E-state index contributed by atoms with van der Waals surface area (Å²) in [4.78, 5) is 24.3. The van der Waals surface area contributed by atoms with Gasteiger partial charge in [0, 0.05) is 26.1 Å². The van der Waals surface area contributed by atoms with Crippen molar-refractivity contribution in [3.63, 3.8) is 0 Å². The van der Waals surface area contributed by atoms with E-state index in [0.29, 0.717) is 19.4 Å². The number of amides is 1. The zero-order valence-corrected chi connectivity index (χ0v) is 13.2. The lowest BCUT2D eigenvalue weighted by molar-refractivity contribution is 0.0930. The molecule has 7 nitrogen and oxygen atoms in total. The first-order chi connectivity index (χ1) is 11.0. The summed E-state index contributed by atoms with van der Waals surface area (Å²) in [5, 5.41) is 17.0. The number of phenols is 1. The summed E-state index contributed by atoms with van der Waals surface area (Å²) in [7, 11) is 1.64. The van der Waals surface area contributed by atoms with Crippen molar-refractivity contribution in [3.8, 4) is 5.75 Å². The Morgan fingerprint density at radius 1 is 1.39 bits per heavy atom. The second-order valence-corrected chi connectivity index (χ2v) is 5.99. The molecular weight excluding hydrogens is 296 g/mol. The van der Waals surface area contributed by atoms with Gasteiger partial charge in [0.05, 0.1) is 5.56 Å². The van der Waals surface area contributed by atoms with E-state index in [2.05, 4.69) is 10.4 Å². The average molecular weight is 316 g/mol. The van der Waals surface area contributed by atoms with Gasteiger partial charge in [-0.1, -0.05) is 11.6 Å². The van der Waals surface area contributed by atoms with E-state index in [1.165, 1.54) is 10.7 Å². The molecule has 7 heteroatoms. The van der Waals surface area contributed by atoms with Crippen molar-refractivity contribution in [1.82, 2.24) is 19.7 Å². The predicted octanol–water partition coefficient (Wildman–Crippen LogP) is 0.731. The van der Waals surface area contributed by atoms with Gasteiger partial charge < -0.3 is 10.4 Å². The van der Waals surface area contributed by atoms with Crippen LogP contribution in [0.3, 0.4) is 0 Å². The molecule has 0 aliphatic carbocycles. The predicted molar refractivity (Wildman–Crippen MR) is 84.5 cm³/mol. The van der Waals surface area contributed by atoms with Crippen LogP contribution in [0, 0.1) is 6.92 Å². The van der Waals surface area contributed by atoms with Crippen LogP contribution in [0.1, 0.15) is 34.6 Å². The van der Waals surface area contributed by atoms with Crippen LogP contribution in [-0.2, 0) is 20.0 Å². The minimum absolute atomic E-state index is 0.0245. The normalized spacial score (nSPS) is 17.4. The van der Waals surface area contributed by atoms with E-state index in [1.807, 2.05) is 6.92 Å². The van der Waals surface area contributed by atoms with Gasteiger partial charge in [-0.3, -0.25) is 9.36 Å². The van der Waals surface area contributed by atoms with Crippen LogP contribution in [0.2, 0.25) is 0 Å². The van der Waals surface area contributed by atoms with Crippen LogP contribution in [0.25, 0.3) is 0 Å². The number of aryl methyl sites for hydroxylation is 3. The molecule has 23 heavy (non-hydrogen) atoms. The lowest BCUT2D eigenvalue weighted by Crippen LogP contribution is -2.35. The first-order valence-corrected chi connectivity index (χ1v) is 7.69. The topological polar surface area (TPSA) is 89.2 Å². The lowest BCUT2D eigenvalue weighted by Gasteiger charge is -2.16. The molecule has 0 fully saturated rings. The molecule has 2 aromatic rings. The molecule has 0 bridgehead atoms. The summed E-state index contributed by atoms with van der Waals surface area (Å²) in [5.74, 6) is 0.444. The van der Waals surface area contributed by atoms with Gasteiger partial charge in [0.25, 0.3) is 5.91 Å². The number of phenolic OH excluding ortho intramolecular Hbond substituents is 1. The fraction of sp³-hybridized carbons (Fsp3) is 0.438. The van der Waals surface area contributed by atoms with Crippen molar-refractivity contribution < 1.29 is 9.90 Å². The molecule has 1 aliphatic heterocycles. The highest BCUT2D eigenvalue weighted by Crippen LogP contribution is 2.19. The molecule has 1 aromatic carbocycles. The summed E-state index contributed by atoms with van der Waals surface area (Å²) in [6.45, 7) is 2.41. The van der Waals surface area contributed by atoms with Crippen molar-refractivity contribution in [2.75, 3.05) is 0 Å². The number of aromatic nitrogens is 3. The molecule has 0 saturated heterocycles.